The van der Waals surface area contributed by atoms with Crippen molar-refractivity contribution in [3.63, 3.8) is 0 Å². The molecule has 0 unspecified atom stereocenters. The van der Waals surface area contributed by atoms with Gasteiger partial charge in [0.05, 0.1) is 7.11 Å². The van der Waals surface area contributed by atoms with Crippen LogP contribution >= 0.6 is 0 Å². The predicted molar refractivity (Wildman–Crippen MR) is 45.9 cm³/mol. The standard InChI is InChI=1S/C8H10F2N2O3/c1-4-5(7(13)14-3)12(2)11-6(4)15-8(9)10/h8H,1-3H3. The first-order chi connectivity index (χ1) is 6.97. The minimum atomic E-state index is -2.97. The highest BCUT2D eigenvalue weighted by Gasteiger charge is 2.22. The molecule has 1 aromatic rings. The van der Waals surface area contributed by atoms with Crippen molar-refractivity contribution in [1.29, 1.82) is 0 Å². The molecule has 15 heavy (non-hydrogen) atoms. The molecule has 5 nitrogen and oxygen atoms in total. The number of hydrogen-bond acceptors (Lipinski definition) is 4. The van der Waals surface area contributed by atoms with Crippen molar-refractivity contribution in [2.75, 3.05) is 7.11 Å². The first kappa shape index (κ1) is 11.4. The molecule has 0 aliphatic rings. The first-order valence-corrected chi connectivity index (χ1v) is 4.04. The molecule has 0 fully saturated rings. The molecular weight excluding hydrogens is 210 g/mol. The molecule has 7 heteroatoms. The van der Waals surface area contributed by atoms with Crippen LogP contribution in [0, 0.1) is 6.92 Å². The Morgan fingerprint density at radius 1 is 1.53 bits per heavy atom. The molecule has 0 radical (unpaired) electrons. The number of carbonyl (C=O) groups is 1. The molecule has 1 heterocycles. The maximum Gasteiger partial charge on any atom is 0.388 e. The molecule has 0 spiro atoms. The van der Waals surface area contributed by atoms with E-state index in [1.54, 1.807) is 0 Å². The highest BCUT2D eigenvalue weighted by atomic mass is 19.3. The largest absolute Gasteiger partial charge is 0.464 e. The van der Waals surface area contributed by atoms with E-state index in [4.69, 9.17) is 0 Å². The molecule has 0 N–H and O–H groups in total. The van der Waals surface area contributed by atoms with E-state index in [0.717, 1.165) is 4.68 Å². The normalized spacial score (nSPS) is 10.5. The molecule has 1 rings (SSSR count). The number of alkyl halides is 2. The Labute approximate surface area is 84.6 Å². The van der Waals surface area contributed by atoms with E-state index in [-0.39, 0.29) is 17.1 Å². The molecule has 0 amide bonds. The van der Waals surface area contributed by atoms with Gasteiger partial charge in [-0.15, -0.1) is 5.10 Å². The second-order valence-corrected chi connectivity index (χ2v) is 2.77. The number of ether oxygens (including phenoxy) is 2. The summed E-state index contributed by atoms with van der Waals surface area (Å²) in [5.41, 5.74) is 0.317. The Hall–Kier alpha value is -1.66. The van der Waals surface area contributed by atoms with Gasteiger partial charge in [0.25, 0.3) is 0 Å². The summed E-state index contributed by atoms with van der Waals surface area (Å²) in [5, 5.41) is 3.63. The van der Waals surface area contributed by atoms with Crippen LogP contribution in [-0.4, -0.2) is 29.5 Å². The molecule has 0 saturated carbocycles. The summed E-state index contributed by atoms with van der Waals surface area (Å²) in [7, 11) is 2.64. The van der Waals surface area contributed by atoms with Gasteiger partial charge < -0.3 is 9.47 Å². The number of aryl methyl sites for hydroxylation is 1. The Morgan fingerprint density at radius 3 is 2.60 bits per heavy atom. The van der Waals surface area contributed by atoms with Gasteiger partial charge in [-0.25, -0.2) is 4.79 Å². The second-order valence-electron chi connectivity index (χ2n) is 2.77. The van der Waals surface area contributed by atoms with Crippen LogP contribution in [0.3, 0.4) is 0 Å². The third kappa shape index (κ3) is 2.23. The highest BCUT2D eigenvalue weighted by Crippen LogP contribution is 2.21. The summed E-state index contributed by atoms with van der Waals surface area (Å²) < 4.78 is 33.6. The second kappa shape index (κ2) is 4.24. The SMILES string of the molecule is COC(=O)c1c(C)c(OC(F)F)nn1C. The number of aromatic nitrogens is 2. The molecule has 0 saturated heterocycles. The molecule has 0 aliphatic heterocycles. The maximum absolute atomic E-state index is 11.9. The summed E-state index contributed by atoms with van der Waals surface area (Å²) >= 11 is 0. The monoisotopic (exact) mass is 220 g/mol. The zero-order chi connectivity index (χ0) is 11.6. The quantitative estimate of drug-likeness (QED) is 0.716. The van der Waals surface area contributed by atoms with Gasteiger partial charge in [0.15, 0.2) is 5.69 Å². The van der Waals surface area contributed by atoms with Gasteiger partial charge in [0, 0.05) is 12.6 Å². The predicted octanol–water partition coefficient (Wildman–Crippen LogP) is 1.12. The summed E-state index contributed by atoms with van der Waals surface area (Å²) in [6, 6.07) is 0. The first-order valence-electron chi connectivity index (χ1n) is 4.04. The average molecular weight is 220 g/mol. The van der Waals surface area contributed by atoms with Crippen LogP contribution in [0.25, 0.3) is 0 Å². The lowest BCUT2D eigenvalue weighted by molar-refractivity contribution is -0.0535. The number of methoxy groups -OCH3 is 1. The minimum Gasteiger partial charge on any atom is -0.464 e. The summed E-state index contributed by atoms with van der Waals surface area (Å²) in [6.45, 7) is -1.51. The van der Waals surface area contributed by atoms with Crippen LogP contribution in [0.5, 0.6) is 5.88 Å². The van der Waals surface area contributed by atoms with Crippen LogP contribution in [0.1, 0.15) is 16.1 Å². The highest BCUT2D eigenvalue weighted by molar-refractivity contribution is 5.89. The van der Waals surface area contributed by atoms with Gasteiger partial charge in [-0.2, -0.15) is 8.78 Å². The van der Waals surface area contributed by atoms with Crippen LogP contribution in [-0.2, 0) is 11.8 Å². The Bertz CT molecular complexity index is 376. The summed E-state index contributed by atoms with van der Waals surface area (Å²) in [6.07, 6.45) is 0. The smallest absolute Gasteiger partial charge is 0.388 e. The summed E-state index contributed by atoms with van der Waals surface area (Å²) in [4.78, 5) is 11.2. The van der Waals surface area contributed by atoms with Crippen molar-refractivity contribution in [2.24, 2.45) is 7.05 Å². The van der Waals surface area contributed by atoms with Crippen molar-refractivity contribution < 1.29 is 23.0 Å². The van der Waals surface area contributed by atoms with Crippen LogP contribution in [0.15, 0.2) is 0 Å². The van der Waals surface area contributed by atoms with Crippen molar-refractivity contribution in [2.45, 2.75) is 13.5 Å². The van der Waals surface area contributed by atoms with E-state index in [2.05, 4.69) is 14.6 Å². The zero-order valence-electron chi connectivity index (χ0n) is 8.45. The lowest BCUT2D eigenvalue weighted by Crippen LogP contribution is -2.09. The average Bonchev–Trinajstić information content (AvgIpc) is 2.40. The van der Waals surface area contributed by atoms with Crippen LogP contribution < -0.4 is 4.74 Å². The summed E-state index contributed by atoms with van der Waals surface area (Å²) in [5.74, 6) is -0.917. The molecule has 0 bridgehead atoms. The van der Waals surface area contributed by atoms with Gasteiger partial charge >= 0.3 is 12.6 Å². The number of nitrogens with zero attached hydrogens (tertiary/aromatic N) is 2. The Morgan fingerprint density at radius 2 is 2.13 bits per heavy atom. The van der Waals surface area contributed by atoms with Gasteiger partial charge in [0.1, 0.15) is 0 Å². The number of hydrogen-bond donors (Lipinski definition) is 0. The fraction of sp³-hybridized carbons (Fsp3) is 0.500. The molecule has 1 aromatic heterocycles. The Kier molecular flexibility index (Phi) is 3.23. The fourth-order valence-corrected chi connectivity index (χ4v) is 1.18. The van der Waals surface area contributed by atoms with E-state index in [9.17, 15) is 13.6 Å². The van der Waals surface area contributed by atoms with Crippen LogP contribution in [0.4, 0.5) is 8.78 Å². The molecule has 84 valence electrons. The third-order valence-electron chi connectivity index (χ3n) is 1.82. The topological polar surface area (TPSA) is 53.4 Å². The number of halogens is 2. The zero-order valence-corrected chi connectivity index (χ0v) is 8.45. The van der Waals surface area contributed by atoms with Crippen LogP contribution in [0.2, 0.25) is 0 Å². The van der Waals surface area contributed by atoms with Gasteiger partial charge in [-0.3, -0.25) is 4.68 Å². The maximum atomic E-state index is 11.9. The van der Waals surface area contributed by atoms with Crippen molar-refractivity contribution in [3.05, 3.63) is 11.3 Å². The number of esters is 1. The van der Waals surface area contributed by atoms with Crippen molar-refractivity contribution in [3.8, 4) is 5.88 Å². The van der Waals surface area contributed by atoms with Gasteiger partial charge in [-0.1, -0.05) is 0 Å². The fourth-order valence-electron chi connectivity index (χ4n) is 1.18. The van der Waals surface area contributed by atoms with E-state index in [1.165, 1.54) is 21.1 Å². The number of rotatable bonds is 3. The van der Waals surface area contributed by atoms with Gasteiger partial charge in [0.2, 0.25) is 5.88 Å². The van der Waals surface area contributed by atoms with Gasteiger partial charge in [-0.05, 0) is 6.92 Å². The van der Waals surface area contributed by atoms with Crippen molar-refractivity contribution in [1.82, 2.24) is 9.78 Å². The lowest BCUT2D eigenvalue weighted by Gasteiger charge is -2.01. The minimum absolute atomic E-state index is 0.0909. The molecule has 0 aromatic carbocycles. The van der Waals surface area contributed by atoms with Crippen molar-refractivity contribution >= 4 is 5.97 Å². The van der Waals surface area contributed by atoms with E-state index in [1.807, 2.05) is 0 Å². The van der Waals surface area contributed by atoms with E-state index in [0.29, 0.717) is 0 Å². The molecule has 0 aliphatic carbocycles. The van der Waals surface area contributed by atoms with E-state index >= 15 is 0 Å². The van der Waals surface area contributed by atoms with E-state index < -0.39 is 12.6 Å². The Balaban J connectivity index is 3.09. The number of carbonyl (C=O) groups excluding carboxylic acids is 1. The molecule has 0 atom stereocenters. The molecular formula is C8H10F2N2O3. The third-order valence-corrected chi connectivity index (χ3v) is 1.82. The lowest BCUT2D eigenvalue weighted by atomic mass is 10.2.